The standard InChI is InChI=1S/C14H18FNO2S/c1-14(13(17)18-2,16-11-6-7-11)9-19-12-5-3-4-10(15)8-12/h3-5,8,11,16H,6-7,9H2,1-2H3. The number of carbonyl (C=O) groups is 1. The Labute approximate surface area is 116 Å². The number of methoxy groups -OCH3 is 1. The van der Waals surface area contributed by atoms with Crippen molar-refractivity contribution >= 4 is 17.7 Å². The molecule has 0 heterocycles. The third-order valence-electron chi connectivity index (χ3n) is 3.06. The summed E-state index contributed by atoms with van der Waals surface area (Å²) >= 11 is 1.45. The molecule has 0 spiro atoms. The second-order valence-corrected chi connectivity index (χ2v) is 6.04. The van der Waals surface area contributed by atoms with E-state index in [2.05, 4.69) is 5.32 Å². The zero-order valence-corrected chi connectivity index (χ0v) is 11.9. The van der Waals surface area contributed by atoms with Crippen LogP contribution < -0.4 is 5.32 Å². The van der Waals surface area contributed by atoms with E-state index in [-0.39, 0.29) is 11.8 Å². The lowest BCUT2D eigenvalue weighted by Crippen LogP contribution is -2.53. The highest BCUT2D eigenvalue weighted by atomic mass is 32.2. The Kier molecular flexibility index (Phi) is 4.47. The molecule has 19 heavy (non-hydrogen) atoms. The molecule has 1 unspecified atom stereocenters. The summed E-state index contributed by atoms with van der Waals surface area (Å²) in [5.41, 5.74) is -0.729. The topological polar surface area (TPSA) is 38.3 Å². The summed E-state index contributed by atoms with van der Waals surface area (Å²) in [6, 6.07) is 6.78. The molecule has 1 fully saturated rings. The predicted molar refractivity (Wildman–Crippen MR) is 73.7 cm³/mol. The minimum absolute atomic E-state index is 0.264. The Balaban J connectivity index is 2.01. The van der Waals surface area contributed by atoms with Crippen LogP contribution in [0.5, 0.6) is 0 Å². The zero-order valence-electron chi connectivity index (χ0n) is 11.1. The SMILES string of the molecule is COC(=O)C(C)(CSc1cccc(F)c1)NC1CC1. The Morgan fingerprint density at radius 1 is 1.58 bits per heavy atom. The van der Waals surface area contributed by atoms with Crippen molar-refractivity contribution in [3.05, 3.63) is 30.1 Å². The number of ether oxygens (including phenoxy) is 1. The van der Waals surface area contributed by atoms with Gasteiger partial charge in [-0.1, -0.05) is 6.07 Å². The minimum Gasteiger partial charge on any atom is -0.468 e. The Bertz CT molecular complexity index is 465. The van der Waals surface area contributed by atoms with E-state index in [1.165, 1.54) is 31.0 Å². The fourth-order valence-corrected chi connectivity index (χ4v) is 2.87. The maximum atomic E-state index is 13.1. The largest absolute Gasteiger partial charge is 0.468 e. The van der Waals surface area contributed by atoms with Crippen molar-refractivity contribution in [3.63, 3.8) is 0 Å². The molecule has 1 saturated carbocycles. The summed E-state index contributed by atoms with van der Waals surface area (Å²) in [5, 5.41) is 3.31. The number of hydrogen-bond acceptors (Lipinski definition) is 4. The minimum atomic E-state index is -0.729. The van der Waals surface area contributed by atoms with E-state index in [0.29, 0.717) is 11.8 Å². The van der Waals surface area contributed by atoms with E-state index < -0.39 is 5.54 Å². The monoisotopic (exact) mass is 283 g/mol. The number of benzene rings is 1. The number of hydrogen-bond donors (Lipinski definition) is 1. The van der Waals surface area contributed by atoms with Crippen molar-refractivity contribution in [1.29, 1.82) is 0 Å². The molecule has 1 atom stereocenters. The first-order valence-corrected chi connectivity index (χ1v) is 7.26. The summed E-state index contributed by atoms with van der Waals surface area (Å²) in [7, 11) is 1.39. The van der Waals surface area contributed by atoms with E-state index in [0.717, 1.165) is 17.7 Å². The van der Waals surface area contributed by atoms with Crippen LogP contribution in [0, 0.1) is 5.82 Å². The molecule has 1 aromatic rings. The molecule has 1 aliphatic carbocycles. The molecule has 0 aliphatic heterocycles. The third kappa shape index (κ3) is 3.94. The molecule has 1 N–H and O–H groups in total. The van der Waals surface area contributed by atoms with Crippen LogP contribution >= 0.6 is 11.8 Å². The van der Waals surface area contributed by atoms with Gasteiger partial charge in [-0.2, -0.15) is 0 Å². The van der Waals surface area contributed by atoms with Gasteiger partial charge in [0.1, 0.15) is 11.4 Å². The summed E-state index contributed by atoms with van der Waals surface area (Å²) in [6.07, 6.45) is 2.19. The van der Waals surface area contributed by atoms with Gasteiger partial charge in [-0.3, -0.25) is 10.1 Å². The van der Waals surface area contributed by atoms with Crippen LogP contribution in [0.25, 0.3) is 0 Å². The number of carbonyl (C=O) groups excluding carboxylic acids is 1. The van der Waals surface area contributed by atoms with Gasteiger partial charge in [0.15, 0.2) is 0 Å². The second kappa shape index (κ2) is 5.92. The van der Waals surface area contributed by atoms with Gasteiger partial charge in [-0.25, -0.2) is 4.39 Å². The van der Waals surface area contributed by atoms with Crippen molar-refractivity contribution in [2.75, 3.05) is 12.9 Å². The first kappa shape index (κ1) is 14.3. The van der Waals surface area contributed by atoms with Crippen LogP contribution in [0.15, 0.2) is 29.2 Å². The lowest BCUT2D eigenvalue weighted by molar-refractivity contribution is -0.146. The van der Waals surface area contributed by atoms with Crippen LogP contribution in [-0.4, -0.2) is 30.4 Å². The maximum Gasteiger partial charge on any atom is 0.326 e. The lowest BCUT2D eigenvalue weighted by Gasteiger charge is -2.27. The van der Waals surface area contributed by atoms with Crippen molar-refractivity contribution in [2.24, 2.45) is 0 Å². The van der Waals surface area contributed by atoms with Gasteiger partial charge in [0.05, 0.1) is 7.11 Å². The summed E-state index contributed by atoms with van der Waals surface area (Å²) in [4.78, 5) is 12.7. The van der Waals surface area contributed by atoms with Gasteiger partial charge < -0.3 is 4.74 Å². The molecule has 104 valence electrons. The number of thioether (sulfide) groups is 1. The fraction of sp³-hybridized carbons (Fsp3) is 0.500. The molecule has 0 bridgehead atoms. The quantitative estimate of drug-likeness (QED) is 0.643. The zero-order chi connectivity index (χ0) is 13.9. The van der Waals surface area contributed by atoms with Crippen molar-refractivity contribution in [3.8, 4) is 0 Å². The van der Waals surface area contributed by atoms with Gasteiger partial charge in [-0.05, 0) is 38.0 Å². The number of esters is 1. The van der Waals surface area contributed by atoms with Gasteiger partial charge in [-0.15, -0.1) is 11.8 Å². The van der Waals surface area contributed by atoms with Crippen LogP contribution in [0.4, 0.5) is 4.39 Å². The van der Waals surface area contributed by atoms with E-state index in [4.69, 9.17) is 4.74 Å². The van der Waals surface area contributed by atoms with Crippen molar-refractivity contribution in [1.82, 2.24) is 5.32 Å². The second-order valence-electron chi connectivity index (χ2n) is 4.99. The van der Waals surface area contributed by atoms with Crippen LogP contribution in [0.1, 0.15) is 19.8 Å². The molecule has 5 heteroatoms. The summed E-state index contributed by atoms with van der Waals surface area (Å²) in [6.45, 7) is 1.84. The lowest BCUT2D eigenvalue weighted by atomic mass is 10.1. The van der Waals surface area contributed by atoms with Crippen LogP contribution in [0.2, 0.25) is 0 Å². The van der Waals surface area contributed by atoms with Gasteiger partial charge in [0.2, 0.25) is 0 Å². The average Bonchev–Trinajstić information content (AvgIpc) is 3.19. The maximum absolute atomic E-state index is 13.1. The summed E-state index contributed by atoms with van der Waals surface area (Å²) < 4.78 is 18.0. The molecular formula is C14H18FNO2S. The van der Waals surface area contributed by atoms with Gasteiger partial charge in [0.25, 0.3) is 0 Å². The molecule has 1 aromatic carbocycles. The van der Waals surface area contributed by atoms with E-state index in [9.17, 15) is 9.18 Å². The molecular weight excluding hydrogens is 265 g/mol. The van der Waals surface area contributed by atoms with E-state index >= 15 is 0 Å². The van der Waals surface area contributed by atoms with Crippen molar-refractivity contribution in [2.45, 2.75) is 36.2 Å². The van der Waals surface area contributed by atoms with Crippen LogP contribution in [0.3, 0.4) is 0 Å². The molecule has 0 aromatic heterocycles. The molecule has 1 aliphatic rings. The summed E-state index contributed by atoms with van der Waals surface area (Å²) in [5.74, 6) is -0.0252. The molecule has 0 saturated heterocycles. The van der Waals surface area contributed by atoms with Crippen LogP contribution in [-0.2, 0) is 9.53 Å². The van der Waals surface area contributed by atoms with E-state index in [1.54, 1.807) is 6.07 Å². The highest BCUT2D eigenvalue weighted by Gasteiger charge is 2.39. The molecule has 2 rings (SSSR count). The molecule has 3 nitrogen and oxygen atoms in total. The van der Waals surface area contributed by atoms with Gasteiger partial charge >= 0.3 is 5.97 Å². The number of nitrogens with one attached hydrogen (secondary N) is 1. The third-order valence-corrected chi connectivity index (χ3v) is 4.37. The molecule has 0 radical (unpaired) electrons. The number of halogens is 1. The Morgan fingerprint density at radius 2 is 2.32 bits per heavy atom. The van der Waals surface area contributed by atoms with Gasteiger partial charge in [0, 0.05) is 16.7 Å². The average molecular weight is 283 g/mol. The first-order chi connectivity index (χ1) is 9.03. The van der Waals surface area contributed by atoms with E-state index in [1.807, 2.05) is 13.0 Å². The predicted octanol–water partition coefficient (Wildman–Crippen LogP) is 2.60. The Hall–Kier alpha value is -1.07. The first-order valence-electron chi connectivity index (χ1n) is 6.28. The number of rotatable bonds is 6. The smallest absolute Gasteiger partial charge is 0.326 e. The Morgan fingerprint density at radius 3 is 2.89 bits per heavy atom. The molecule has 0 amide bonds. The normalized spacial score (nSPS) is 17.8. The highest BCUT2D eigenvalue weighted by Crippen LogP contribution is 2.28. The highest BCUT2D eigenvalue weighted by molar-refractivity contribution is 7.99. The van der Waals surface area contributed by atoms with Crippen molar-refractivity contribution < 1.29 is 13.9 Å². The fourth-order valence-electron chi connectivity index (χ4n) is 1.85.